The molecule has 0 bridgehead atoms. The van der Waals surface area contributed by atoms with Crippen LogP contribution < -0.4 is 5.32 Å². The van der Waals surface area contributed by atoms with Crippen molar-refractivity contribution in [3.63, 3.8) is 0 Å². The van der Waals surface area contributed by atoms with E-state index in [1.807, 2.05) is 50.8 Å². The first-order chi connectivity index (χ1) is 14.2. The molecule has 5 nitrogen and oxygen atoms in total. The van der Waals surface area contributed by atoms with Crippen molar-refractivity contribution < 1.29 is 9.59 Å². The molecular weight excluding hydrogens is 374 g/mol. The van der Waals surface area contributed by atoms with Gasteiger partial charge >= 0.3 is 0 Å². The zero-order chi connectivity index (χ0) is 21.8. The average Bonchev–Trinajstić information content (AvgIpc) is 2.73. The van der Waals surface area contributed by atoms with Crippen LogP contribution in [0.5, 0.6) is 0 Å². The number of aromatic nitrogens is 1. The molecule has 0 aliphatic carbocycles. The lowest BCUT2D eigenvalue weighted by molar-refractivity contribution is -0.147. The summed E-state index contributed by atoms with van der Waals surface area (Å²) in [7, 11) is 0. The summed E-state index contributed by atoms with van der Waals surface area (Å²) in [6, 6.07) is 12.3. The van der Waals surface area contributed by atoms with E-state index in [4.69, 9.17) is 0 Å². The van der Waals surface area contributed by atoms with E-state index in [1.54, 1.807) is 12.4 Å². The Morgan fingerprint density at radius 2 is 1.87 bits per heavy atom. The fraction of sp³-hybridized carbons (Fsp3) is 0.480. The largest absolute Gasteiger partial charge is 0.356 e. The number of hydrogen-bond acceptors (Lipinski definition) is 3. The molecule has 0 saturated carbocycles. The van der Waals surface area contributed by atoms with E-state index in [-0.39, 0.29) is 11.8 Å². The minimum atomic E-state index is -0.605. The standard InChI is InChI=1S/C25H33N3O2/c1-5-27-22(29)25(12-7-15-28(18-25)23(30)24(2,3)4)17-19-8-6-9-21(16-19)20-10-13-26-14-11-20/h6,8-11,13-14,16H,5,7,12,15,17-18H2,1-4H3,(H,27,29)/t25-/m1/s1. The normalized spacial score (nSPS) is 19.4. The van der Waals surface area contributed by atoms with Gasteiger partial charge in [-0.25, -0.2) is 0 Å². The molecule has 1 aromatic heterocycles. The van der Waals surface area contributed by atoms with Crippen molar-refractivity contribution in [2.75, 3.05) is 19.6 Å². The molecule has 1 fully saturated rings. The maximum Gasteiger partial charge on any atom is 0.228 e. The molecule has 0 spiro atoms. The Kier molecular flexibility index (Phi) is 6.59. The fourth-order valence-corrected chi connectivity index (χ4v) is 4.33. The highest BCUT2D eigenvalue weighted by Crippen LogP contribution is 2.36. The van der Waals surface area contributed by atoms with E-state index in [0.717, 1.165) is 29.5 Å². The van der Waals surface area contributed by atoms with E-state index in [1.165, 1.54) is 0 Å². The highest BCUT2D eigenvalue weighted by Gasteiger charge is 2.44. The molecule has 2 amide bonds. The molecule has 1 N–H and O–H groups in total. The van der Waals surface area contributed by atoms with Gasteiger partial charge in [0.15, 0.2) is 0 Å². The smallest absolute Gasteiger partial charge is 0.228 e. The number of amides is 2. The van der Waals surface area contributed by atoms with E-state index in [9.17, 15) is 9.59 Å². The molecule has 0 unspecified atom stereocenters. The van der Waals surface area contributed by atoms with Gasteiger partial charge in [-0.2, -0.15) is 0 Å². The molecule has 1 aliphatic rings. The molecule has 5 heteroatoms. The molecule has 1 atom stereocenters. The van der Waals surface area contributed by atoms with Crippen LogP contribution in [0.3, 0.4) is 0 Å². The number of benzene rings is 1. The van der Waals surface area contributed by atoms with Crippen molar-refractivity contribution in [2.45, 2.75) is 47.0 Å². The monoisotopic (exact) mass is 407 g/mol. The van der Waals surface area contributed by atoms with Crippen molar-refractivity contribution in [3.05, 3.63) is 54.4 Å². The summed E-state index contributed by atoms with van der Waals surface area (Å²) < 4.78 is 0. The summed E-state index contributed by atoms with van der Waals surface area (Å²) in [4.78, 5) is 32.2. The van der Waals surface area contributed by atoms with Crippen LogP contribution in [-0.4, -0.2) is 41.3 Å². The van der Waals surface area contributed by atoms with Crippen LogP contribution >= 0.6 is 0 Å². The van der Waals surface area contributed by atoms with E-state index < -0.39 is 10.8 Å². The second-order valence-electron chi connectivity index (χ2n) is 9.33. The number of pyridine rings is 1. The number of likely N-dealkylation sites (tertiary alicyclic amines) is 1. The third-order valence-electron chi connectivity index (χ3n) is 5.81. The highest BCUT2D eigenvalue weighted by atomic mass is 16.2. The predicted molar refractivity (Wildman–Crippen MR) is 120 cm³/mol. The van der Waals surface area contributed by atoms with Crippen LogP contribution in [0.1, 0.15) is 46.1 Å². The molecule has 160 valence electrons. The van der Waals surface area contributed by atoms with E-state index in [2.05, 4.69) is 28.5 Å². The number of rotatable bonds is 5. The molecular formula is C25H33N3O2. The third-order valence-corrected chi connectivity index (χ3v) is 5.81. The highest BCUT2D eigenvalue weighted by molar-refractivity contribution is 5.86. The van der Waals surface area contributed by atoms with Crippen molar-refractivity contribution in [1.29, 1.82) is 0 Å². The molecule has 1 aromatic carbocycles. The first-order valence-electron chi connectivity index (χ1n) is 10.8. The SMILES string of the molecule is CCNC(=O)[C@@]1(Cc2cccc(-c3ccncc3)c2)CCCN(C(=O)C(C)(C)C)C1. The first kappa shape index (κ1) is 22.0. The Morgan fingerprint density at radius 1 is 1.13 bits per heavy atom. The van der Waals surface area contributed by atoms with Gasteiger partial charge in [-0.05, 0) is 55.0 Å². The molecule has 2 aromatic rings. The van der Waals surface area contributed by atoms with Crippen LogP contribution in [0, 0.1) is 10.8 Å². The lowest BCUT2D eigenvalue weighted by atomic mass is 9.73. The van der Waals surface area contributed by atoms with Gasteiger partial charge in [0.25, 0.3) is 0 Å². The topological polar surface area (TPSA) is 62.3 Å². The minimum absolute atomic E-state index is 0.0470. The lowest BCUT2D eigenvalue weighted by Gasteiger charge is -2.43. The van der Waals surface area contributed by atoms with Gasteiger partial charge in [0, 0.05) is 37.4 Å². The van der Waals surface area contributed by atoms with Crippen molar-refractivity contribution in [1.82, 2.24) is 15.2 Å². The van der Waals surface area contributed by atoms with Crippen LogP contribution in [0.4, 0.5) is 0 Å². The Balaban J connectivity index is 1.91. The van der Waals surface area contributed by atoms with Crippen molar-refractivity contribution in [2.24, 2.45) is 10.8 Å². The quantitative estimate of drug-likeness (QED) is 0.812. The van der Waals surface area contributed by atoms with Gasteiger partial charge in [0.2, 0.25) is 11.8 Å². The molecule has 1 aliphatic heterocycles. The van der Waals surface area contributed by atoms with Crippen LogP contribution in [0.25, 0.3) is 11.1 Å². The number of carbonyl (C=O) groups is 2. The third kappa shape index (κ3) is 4.89. The number of hydrogen-bond donors (Lipinski definition) is 1. The fourth-order valence-electron chi connectivity index (χ4n) is 4.33. The minimum Gasteiger partial charge on any atom is -0.356 e. The van der Waals surface area contributed by atoms with Gasteiger partial charge in [-0.1, -0.05) is 45.0 Å². The van der Waals surface area contributed by atoms with Crippen LogP contribution in [-0.2, 0) is 16.0 Å². The summed E-state index contributed by atoms with van der Waals surface area (Å²) in [6.07, 6.45) is 5.81. The lowest BCUT2D eigenvalue weighted by Crippen LogP contribution is -2.56. The van der Waals surface area contributed by atoms with Crippen LogP contribution in [0.15, 0.2) is 48.8 Å². The summed E-state index contributed by atoms with van der Waals surface area (Å²) >= 11 is 0. The predicted octanol–water partition coefficient (Wildman–Crippen LogP) is 4.08. The maximum atomic E-state index is 13.2. The van der Waals surface area contributed by atoms with Gasteiger partial charge in [-0.15, -0.1) is 0 Å². The zero-order valence-electron chi connectivity index (χ0n) is 18.6. The van der Waals surface area contributed by atoms with E-state index in [0.29, 0.717) is 26.1 Å². The van der Waals surface area contributed by atoms with Gasteiger partial charge < -0.3 is 10.2 Å². The Hall–Kier alpha value is -2.69. The molecule has 3 rings (SSSR count). The van der Waals surface area contributed by atoms with Crippen molar-refractivity contribution in [3.8, 4) is 11.1 Å². The second-order valence-corrected chi connectivity index (χ2v) is 9.33. The number of carbonyl (C=O) groups excluding carboxylic acids is 2. The van der Waals surface area contributed by atoms with Crippen molar-refractivity contribution >= 4 is 11.8 Å². The van der Waals surface area contributed by atoms with Gasteiger partial charge in [0.05, 0.1) is 5.41 Å². The second kappa shape index (κ2) is 8.99. The van der Waals surface area contributed by atoms with E-state index >= 15 is 0 Å². The Bertz CT molecular complexity index is 889. The molecule has 2 heterocycles. The summed E-state index contributed by atoms with van der Waals surface area (Å²) in [6.45, 7) is 9.53. The van der Waals surface area contributed by atoms with Crippen LogP contribution in [0.2, 0.25) is 0 Å². The summed E-state index contributed by atoms with van der Waals surface area (Å²) in [5, 5.41) is 3.04. The Morgan fingerprint density at radius 3 is 2.53 bits per heavy atom. The zero-order valence-corrected chi connectivity index (χ0v) is 18.6. The van der Waals surface area contributed by atoms with Gasteiger partial charge in [0.1, 0.15) is 0 Å². The number of nitrogens with one attached hydrogen (secondary N) is 1. The first-order valence-corrected chi connectivity index (χ1v) is 10.8. The summed E-state index contributed by atoms with van der Waals surface area (Å²) in [5.74, 6) is 0.159. The maximum absolute atomic E-state index is 13.2. The summed E-state index contributed by atoms with van der Waals surface area (Å²) in [5.41, 5.74) is 2.27. The Labute approximate surface area is 179 Å². The number of nitrogens with zero attached hydrogens (tertiary/aromatic N) is 2. The molecule has 1 saturated heterocycles. The molecule has 0 radical (unpaired) electrons. The van der Waals surface area contributed by atoms with Gasteiger partial charge in [-0.3, -0.25) is 14.6 Å². The molecule has 30 heavy (non-hydrogen) atoms. The number of piperidine rings is 1. The average molecular weight is 408 g/mol.